The zero-order valence-corrected chi connectivity index (χ0v) is 25.2. The highest BCUT2D eigenvalue weighted by atomic mass is 19.3. The lowest BCUT2D eigenvalue weighted by Gasteiger charge is -2.12. The van der Waals surface area contributed by atoms with E-state index in [4.69, 9.17) is 0 Å². The van der Waals surface area contributed by atoms with Crippen LogP contribution in [0.3, 0.4) is 0 Å². The smallest absolute Gasteiger partial charge is 0.387 e. The first kappa shape index (κ1) is 33.2. The molecule has 0 saturated heterocycles. The van der Waals surface area contributed by atoms with Crippen molar-refractivity contribution in [2.45, 2.75) is 13.2 Å². The summed E-state index contributed by atoms with van der Waals surface area (Å²) in [4.78, 5) is 26.9. The second-order valence-electron chi connectivity index (χ2n) is 10.2. The molecule has 10 heteroatoms. The molecule has 48 heavy (non-hydrogen) atoms. The molecule has 0 fully saturated rings. The van der Waals surface area contributed by atoms with Crippen LogP contribution in [0, 0.1) is 0 Å². The fourth-order valence-corrected chi connectivity index (χ4v) is 4.65. The number of rotatable bonds is 12. The van der Waals surface area contributed by atoms with Crippen LogP contribution >= 0.6 is 0 Å². The van der Waals surface area contributed by atoms with Crippen LogP contribution in [-0.4, -0.2) is 25.0 Å². The summed E-state index contributed by atoms with van der Waals surface area (Å²) in [6.45, 7) is -5.89. The average Bonchev–Trinajstić information content (AvgIpc) is 3.08. The molecule has 242 valence electrons. The number of amides is 2. The van der Waals surface area contributed by atoms with Crippen LogP contribution in [0.15, 0.2) is 133 Å². The van der Waals surface area contributed by atoms with Crippen molar-refractivity contribution in [1.82, 2.24) is 0 Å². The van der Waals surface area contributed by atoms with E-state index in [-0.39, 0.29) is 11.5 Å². The zero-order valence-electron chi connectivity index (χ0n) is 25.2. The maximum absolute atomic E-state index is 13.5. The quantitative estimate of drug-likeness (QED) is 0.0801. The number of anilines is 2. The minimum absolute atomic E-state index is 0.00258. The molecule has 0 atom stereocenters. The number of carbonyl (C=O) groups is 2. The van der Waals surface area contributed by atoms with Gasteiger partial charge in [0.15, 0.2) is 0 Å². The summed E-state index contributed by atoms with van der Waals surface area (Å²) in [6, 6.07) is 36.4. The van der Waals surface area contributed by atoms with Gasteiger partial charge in [-0.25, -0.2) is 0 Å². The van der Waals surface area contributed by atoms with Gasteiger partial charge in [0.25, 0.3) is 11.8 Å². The zero-order chi connectivity index (χ0) is 33.9. The number of hydrogen-bond donors (Lipinski definition) is 2. The van der Waals surface area contributed by atoms with E-state index in [9.17, 15) is 27.2 Å². The van der Waals surface area contributed by atoms with Crippen LogP contribution in [0.1, 0.15) is 22.3 Å². The molecule has 0 unspecified atom stereocenters. The number of hydrogen-bond acceptors (Lipinski definition) is 4. The fraction of sp³-hybridized carbons (Fsp3) is 0.0526. The Hall–Kier alpha value is -6.16. The third-order valence-electron chi connectivity index (χ3n) is 6.89. The van der Waals surface area contributed by atoms with E-state index in [1.165, 1.54) is 24.3 Å². The second kappa shape index (κ2) is 15.9. The van der Waals surface area contributed by atoms with Gasteiger partial charge >= 0.3 is 13.2 Å². The Labute approximate surface area is 274 Å². The van der Waals surface area contributed by atoms with Gasteiger partial charge < -0.3 is 20.1 Å². The van der Waals surface area contributed by atoms with Gasteiger partial charge in [-0.1, -0.05) is 84.9 Å². The van der Waals surface area contributed by atoms with E-state index >= 15 is 0 Å². The molecule has 6 nitrogen and oxygen atoms in total. The molecule has 0 bridgehead atoms. The molecule has 0 spiro atoms. The molecule has 5 rings (SSSR count). The summed E-state index contributed by atoms with van der Waals surface area (Å²) in [5.74, 6) is -0.819. The van der Waals surface area contributed by atoms with Gasteiger partial charge in [-0.05, 0) is 82.9 Å². The van der Waals surface area contributed by atoms with Crippen molar-refractivity contribution in [3.63, 3.8) is 0 Å². The van der Waals surface area contributed by atoms with Gasteiger partial charge in [0.05, 0.1) is 0 Å². The van der Waals surface area contributed by atoms with Crippen molar-refractivity contribution in [3.8, 4) is 11.5 Å². The molecule has 0 saturated carbocycles. The number of halogens is 4. The van der Waals surface area contributed by atoms with Crippen molar-refractivity contribution < 1.29 is 36.6 Å². The Morgan fingerprint density at radius 1 is 0.479 bits per heavy atom. The first-order chi connectivity index (χ1) is 23.2. The fourth-order valence-electron chi connectivity index (χ4n) is 4.65. The summed E-state index contributed by atoms with van der Waals surface area (Å²) >= 11 is 0. The monoisotopic (exact) mass is 652 g/mol. The average molecular weight is 653 g/mol. The van der Waals surface area contributed by atoms with Gasteiger partial charge in [0, 0.05) is 22.5 Å². The summed E-state index contributed by atoms with van der Waals surface area (Å²) in [7, 11) is 0. The Balaban J connectivity index is 1.32. The minimum atomic E-state index is -2.94. The first-order valence-electron chi connectivity index (χ1n) is 14.6. The van der Waals surface area contributed by atoms with E-state index in [1.54, 1.807) is 109 Å². The SMILES string of the molecule is O=C(Nc1ccc(NC(=O)/C(=C/c2ccc(OC(F)F)cc2)c2ccccc2)cc1)/C(=C/c1ccc(OC(F)F)cc1)c1ccccc1. The maximum Gasteiger partial charge on any atom is 0.387 e. The Morgan fingerprint density at radius 3 is 1.12 bits per heavy atom. The number of benzene rings is 5. The molecule has 5 aromatic carbocycles. The Morgan fingerprint density at radius 2 is 0.812 bits per heavy atom. The number of ether oxygens (including phenoxy) is 2. The lowest BCUT2D eigenvalue weighted by Crippen LogP contribution is -2.15. The van der Waals surface area contributed by atoms with Crippen molar-refractivity contribution in [1.29, 1.82) is 0 Å². The number of alkyl halides is 4. The van der Waals surface area contributed by atoms with E-state index in [2.05, 4.69) is 20.1 Å². The molecule has 0 aliphatic rings. The second-order valence-corrected chi connectivity index (χ2v) is 10.2. The molecule has 0 aliphatic carbocycles. The molecule has 0 radical (unpaired) electrons. The summed E-state index contributed by atoms with van der Waals surface area (Å²) in [6.07, 6.45) is 3.28. The van der Waals surface area contributed by atoms with Crippen LogP contribution in [-0.2, 0) is 9.59 Å². The molecule has 2 amide bonds. The predicted octanol–water partition coefficient (Wildman–Crippen LogP) is 9.25. The van der Waals surface area contributed by atoms with E-state index in [0.29, 0.717) is 44.8 Å². The van der Waals surface area contributed by atoms with Gasteiger partial charge in [-0.2, -0.15) is 17.6 Å². The summed E-state index contributed by atoms with van der Waals surface area (Å²) < 4.78 is 59.0. The topological polar surface area (TPSA) is 76.7 Å². The van der Waals surface area contributed by atoms with Crippen LogP contribution in [0.2, 0.25) is 0 Å². The minimum Gasteiger partial charge on any atom is -0.435 e. The number of carbonyl (C=O) groups excluding carboxylic acids is 2. The highest BCUT2D eigenvalue weighted by Crippen LogP contribution is 2.26. The van der Waals surface area contributed by atoms with Crippen LogP contribution in [0.25, 0.3) is 23.3 Å². The molecule has 2 N–H and O–H groups in total. The predicted molar refractivity (Wildman–Crippen MR) is 178 cm³/mol. The maximum atomic E-state index is 13.5. The lowest BCUT2D eigenvalue weighted by molar-refractivity contribution is -0.111. The van der Waals surface area contributed by atoms with Crippen LogP contribution in [0.5, 0.6) is 11.5 Å². The Bertz CT molecular complexity index is 1740. The van der Waals surface area contributed by atoms with E-state index in [0.717, 1.165) is 0 Å². The first-order valence-corrected chi connectivity index (χ1v) is 14.6. The standard InChI is InChI=1S/C38H28F4N2O4/c39-37(40)47-31-19-11-25(12-20-31)23-33(27-7-3-1-4-8-27)35(45)43-29-15-17-30(18-16-29)44-36(46)34(28-9-5-2-6-10-28)24-26-13-21-32(22-14-26)48-38(41)42/h1-24,37-38H,(H,43,45)(H,44,46)/b33-23+,34-24+. The molecule has 0 aliphatic heterocycles. The van der Waals surface area contributed by atoms with Gasteiger partial charge in [0.1, 0.15) is 11.5 Å². The third-order valence-corrected chi connectivity index (χ3v) is 6.89. The van der Waals surface area contributed by atoms with E-state index in [1.807, 2.05) is 12.1 Å². The van der Waals surface area contributed by atoms with E-state index < -0.39 is 25.0 Å². The van der Waals surface area contributed by atoms with Crippen molar-refractivity contribution in [3.05, 3.63) is 156 Å². The van der Waals surface area contributed by atoms with Crippen LogP contribution < -0.4 is 20.1 Å². The Kier molecular flexibility index (Phi) is 11.0. The van der Waals surface area contributed by atoms with Crippen molar-refractivity contribution >= 4 is 46.5 Å². The number of nitrogens with one attached hydrogen (secondary N) is 2. The van der Waals surface area contributed by atoms with Gasteiger partial charge in [0.2, 0.25) is 0 Å². The van der Waals surface area contributed by atoms with Crippen molar-refractivity contribution in [2.75, 3.05) is 10.6 Å². The summed E-state index contributed by atoms with van der Waals surface area (Å²) in [5, 5.41) is 5.73. The molecule has 0 aromatic heterocycles. The highest BCUT2D eigenvalue weighted by Gasteiger charge is 2.15. The molecule has 0 heterocycles. The normalized spacial score (nSPS) is 11.7. The lowest BCUT2D eigenvalue weighted by atomic mass is 10.0. The summed E-state index contributed by atoms with van der Waals surface area (Å²) in [5.41, 5.74) is 4.08. The van der Waals surface area contributed by atoms with Crippen LogP contribution in [0.4, 0.5) is 28.9 Å². The third kappa shape index (κ3) is 9.43. The largest absolute Gasteiger partial charge is 0.435 e. The molecular formula is C38H28F4N2O4. The molecule has 5 aromatic rings. The molecular weight excluding hydrogens is 624 g/mol. The van der Waals surface area contributed by atoms with Gasteiger partial charge in [-0.15, -0.1) is 0 Å². The van der Waals surface area contributed by atoms with Crippen molar-refractivity contribution in [2.24, 2.45) is 0 Å². The van der Waals surface area contributed by atoms with Gasteiger partial charge in [-0.3, -0.25) is 9.59 Å². The highest BCUT2D eigenvalue weighted by molar-refractivity contribution is 6.30.